The third-order valence-corrected chi connectivity index (χ3v) is 5.08. The standard InChI is InChI=1S/C16H18BrNO3S/c1-16(2,17)11-18-14-9-8-13(10-15(14)19)22(20,21)12-6-4-3-5-7-12/h3-10,18-19H,11H2,1-2H3. The number of rotatable bonds is 5. The molecule has 6 heteroatoms. The van der Waals surface area contributed by atoms with Gasteiger partial charge in [-0.1, -0.05) is 34.1 Å². The molecule has 0 atom stereocenters. The molecular weight excluding hydrogens is 366 g/mol. The van der Waals surface area contributed by atoms with Crippen LogP contribution in [0.1, 0.15) is 13.8 Å². The molecule has 0 radical (unpaired) electrons. The largest absolute Gasteiger partial charge is 0.506 e. The average Bonchev–Trinajstić information content (AvgIpc) is 2.46. The molecule has 2 N–H and O–H groups in total. The minimum atomic E-state index is -3.62. The summed E-state index contributed by atoms with van der Waals surface area (Å²) in [4.78, 5) is 0.275. The lowest BCUT2D eigenvalue weighted by Gasteiger charge is -2.18. The van der Waals surface area contributed by atoms with E-state index in [2.05, 4.69) is 21.2 Å². The molecule has 0 aliphatic heterocycles. The summed E-state index contributed by atoms with van der Waals surface area (Å²) in [5, 5.41) is 13.1. The van der Waals surface area contributed by atoms with Crippen molar-refractivity contribution in [3.63, 3.8) is 0 Å². The van der Waals surface area contributed by atoms with Crippen molar-refractivity contribution in [3.8, 4) is 5.75 Å². The van der Waals surface area contributed by atoms with E-state index in [0.29, 0.717) is 12.2 Å². The van der Waals surface area contributed by atoms with Gasteiger partial charge in [-0.25, -0.2) is 8.42 Å². The molecule has 2 rings (SSSR count). The fourth-order valence-electron chi connectivity index (χ4n) is 1.87. The van der Waals surface area contributed by atoms with Gasteiger partial charge in [0.15, 0.2) is 0 Å². The molecule has 22 heavy (non-hydrogen) atoms. The van der Waals surface area contributed by atoms with Crippen molar-refractivity contribution in [2.45, 2.75) is 28.0 Å². The summed E-state index contributed by atoms with van der Waals surface area (Å²) >= 11 is 3.50. The second kappa shape index (κ2) is 6.30. The maximum Gasteiger partial charge on any atom is 0.206 e. The zero-order valence-corrected chi connectivity index (χ0v) is 14.8. The second-order valence-corrected chi connectivity index (χ2v) is 9.66. The number of hydrogen-bond donors (Lipinski definition) is 2. The highest BCUT2D eigenvalue weighted by atomic mass is 79.9. The number of anilines is 1. The Hall–Kier alpha value is -1.53. The number of sulfone groups is 1. The van der Waals surface area contributed by atoms with E-state index >= 15 is 0 Å². The van der Waals surface area contributed by atoms with Crippen LogP contribution in [0.3, 0.4) is 0 Å². The summed E-state index contributed by atoms with van der Waals surface area (Å²) in [5.41, 5.74) is 0.500. The van der Waals surface area contributed by atoms with Crippen LogP contribution >= 0.6 is 15.9 Å². The normalized spacial score (nSPS) is 12.1. The first kappa shape index (κ1) is 16.8. The minimum Gasteiger partial charge on any atom is -0.506 e. The van der Waals surface area contributed by atoms with Crippen LogP contribution in [-0.4, -0.2) is 24.4 Å². The Balaban J connectivity index is 2.30. The van der Waals surface area contributed by atoms with E-state index < -0.39 is 9.84 Å². The molecule has 0 saturated carbocycles. The summed E-state index contributed by atoms with van der Waals surface area (Å²) in [5.74, 6) is -0.0891. The lowest BCUT2D eigenvalue weighted by molar-refractivity contribution is 0.475. The van der Waals surface area contributed by atoms with Crippen molar-refractivity contribution in [3.05, 3.63) is 48.5 Å². The van der Waals surface area contributed by atoms with Gasteiger partial charge in [-0.2, -0.15) is 0 Å². The van der Waals surface area contributed by atoms with Gasteiger partial charge in [0.05, 0.1) is 15.5 Å². The molecule has 0 heterocycles. The molecule has 2 aromatic rings. The van der Waals surface area contributed by atoms with E-state index in [1.54, 1.807) is 24.3 Å². The Morgan fingerprint density at radius 3 is 2.27 bits per heavy atom. The van der Waals surface area contributed by atoms with E-state index in [1.807, 2.05) is 13.8 Å². The Morgan fingerprint density at radius 2 is 1.73 bits per heavy atom. The third kappa shape index (κ3) is 4.01. The molecule has 0 unspecified atom stereocenters. The minimum absolute atomic E-state index is 0.0693. The zero-order valence-electron chi connectivity index (χ0n) is 12.4. The van der Waals surface area contributed by atoms with Crippen LogP contribution in [0.5, 0.6) is 5.75 Å². The monoisotopic (exact) mass is 383 g/mol. The molecule has 0 aliphatic rings. The third-order valence-electron chi connectivity index (χ3n) is 3.03. The predicted octanol–water partition coefficient (Wildman–Crippen LogP) is 3.81. The Morgan fingerprint density at radius 1 is 1.09 bits per heavy atom. The highest BCUT2D eigenvalue weighted by molar-refractivity contribution is 9.10. The van der Waals surface area contributed by atoms with Crippen LogP contribution in [0, 0.1) is 0 Å². The molecule has 4 nitrogen and oxygen atoms in total. The quantitative estimate of drug-likeness (QED) is 0.608. The van der Waals surface area contributed by atoms with Crippen LogP contribution in [0.2, 0.25) is 0 Å². The topological polar surface area (TPSA) is 66.4 Å². The number of alkyl halides is 1. The van der Waals surface area contributed by atoms with E-state index in [9.17, 15) is 13.5 Å². The molecule has 0 fully saturated rings. The maximum atomic E-state index is 12.5. The number of aromatic hydroxyl groups is 1. The lowest BCUT2D eigenvalue weighted by atomic mass is 10.2. The highest BCUT2D eigenvalue weighted by Crippen LogP contribution is 2.30. The molecule has 0 spiro atoms. The van der Waals surface area contributed by atoms with Gasteiger partial charge < -0.3 is 10.4 Å². The molecule has 0 amide bonds. The van der Waals surface area contributed by atoms with E-state index in [0.717, 1.165) is 0 Å². The average molecular weight is 384 g/mol. The van der Waals surface area contributed by atoms with Gasteiger partial charge in [0.25, 0.3) is 0 Å². The number of hydrogen-bond acceptors (Lipinski definition) is 4. The van der Waals surface area contributed by atoms with Crippen molar-refractivity contribution in [2.75, 3.05) is 11.9 Å². The van der Waals surface area contributed by atoms with Crippen LogP contribution in [-0.2, 0) is 9.84 Å². The van der Waals surface area contributed by atoms with Crippen molar-refractivity contribution in [1.29, 1.82) is 0 Å². The van der Waals surface area contributed by atoms with Crippen molar-refractivity contribution in [2.24, 2.45) is 0 Å². The number of phenolic OH excluding ortho intramolecular Hbond substituents is 1. The first-order valence-corrected chi connectivity index (χ1v) is 9.04. The van der Waals surface area contributed by atoms with Crippen LogP contribution in [0.4, 0.5) is 5.69 Å². The molecular formula is C16H18BrNO3S. The van der Waals surface area contributed by atoms with Gasteiger partial charge in [0, 0.05) is 16.9 Å². The van der Waals surface area contributed by atoms with Crippen molar-refractivity contribution < 1.29 is 13.5 Å². The zero-order chi connectivity index (χ0) is 16.4. The smallest absolute Gasteiger partial charge is 0.206 e. The van der Waals surface area contributed by atoms with Gasteiger partial charge in [-0.3, -0.25) is 0 Å². The SMILES string of the molecule is CC(C)(Br)CNc1ccc(S(=O)(=O)c2ccccc2)cc1O. The summed E-state index contributed by atoms with van der Waals surface area (Å²) in [7, 11) is -3.62. The molecule has 0 bridgehead atoms. The Labute approximate surface area is 139 Å². The molecule has 0 aromatic heterocycles. The van der Waals surface area contributed by atoms with Gasteiger partial charge >= 0.3 is 0 Å². The van der Waals surface area contributed by atoms with Gasteiger partial charge in [0.1, 0.15) is 5.75 Å². The van der Waals surface area contributed by atoms with Crippen LogP contribution < -0.4 is 5.32 Å². The fraction of sp³-hybridized carbons (Fsp3) is 0.250. The Bertz CT molecular complexity index is 753. The molecule has 0 aliphatic carbocycles. The van der Waals surface area contributed by atoms with Crippen LogP contribution in [0.25, 0.3) is 0 Å². The summed E-state index contributed by atoms with van der Waals surface area (Å²) in [6.45, 7) is 4.57. The van der Waals surface area contributed by atoms with E-state index in [-0.39, 0.29) is 19.9 Å². The van der Waals surface area contributed by atoms with E-state index in [4.69, 9.17) is 0 Å². The maximum absolute atomic E-state index is 12.5. The first-order chi connectivity index (χ1) is 10.2. The summed E-state index contributed by atoms with van der Waals surface area (Å²) < 4.78 is 24.8. The highest BCUT2D eigenvalue weighted by Gasteiger charge is 2.19. The van der Waals surface area contributed by atoms with E-state index in [1.165, 1.54) is 24.3 Å². The lowest BCUT2D eigenvalue weighted by Crippen LogP contribution is -2.22. The summed E-state index contributed by atoms with van der Waals surface area (Å²) in [6.07, 6.45) is 0. The fourth-order valence-corrected chi connectivity index (χ4v) is 3.31. The first-order valence-electron chi connectivity index (χ1n) is 6.76. The van der Waals surface area contributed by atoms with Gasteiger partial charge in [0.2, 0.25) is 9.84 Å². The Kier molecular flexibility index (Phi) is 4.82. The van der Waals surface area contributed by atoms with Crippen LogP contribution in [0.15, 0.2) is 58.3 Å². The number of halogens is 1. The molecule has 0 saturated heterocycles. The van der Waals surface area contributed by atoms with Gasteiger partial charge in [-0.05, 0) is 38.1 Å². The second-order valence-electron chi connectivity index (χ2n) is 5.57. The number of nitrogens with one attached hydrogen (secondary N) is 1. The summed E-state index contributed by atoms with van der Waals surface area (Å²) in [6, 6.07) is 12.5. The number of benzene rings is 2. The van der Waals surface area contributed by atoms with Crippen molar-refractivity contribution >= 4 is 31.5 Å². The molecule has 2 aromatic carbocycles. The van der Waals surface area contributed by atoms with Crippen molar-refractivity contribution in [1.82, 2.24) is 0 Å². The number of phenols is 1. The predicted molar refractivity (Wildman–Crippen MR) is 91.5 cm³/mol. The molecule has 118 valence electrons. The van der Waals surface area contributed by atoms with Gasteiger partial charge in [-0.15, -0.1) is 0 Å².